The summed E-state index contributed by atoms with van der Waals surface area (Å²) >= 11 is 1.78. The van der Waals surface area contributed by atoms with Crippen LogP contribution in [-0.2, 0) is 19.3 Å². The molecule has 0 amide bonds. The fourth-order valence-corrected chi connectivity index (χ4v) is 5.29. The Hall–Kier alpha value is -1.56. The van der Waals surface area contributed by atoms with Crippen LogP contribution in [0.2, 0.25) is 0 Å². The molecule has 0 aliphatic heterocycles. The van der Waals surface area contributed by atoms with Crippen molar-refractivity contribution < 1.29 is 10.2 Å². The smallest absolute Gasteiger partial charge is 0.160 e. The number of nitrogens with one attached hydrogen (secondary N) is 1. The number of unbranched alkanes of at least 4 members (excludes halogenated alkanes) is 3. The Kier molecular flexibility index (Phi) is 9.50. The van der Waals surface area contributed by atoms with Crippen molar-refractivity contribution in [1.82, 2.24) is 10.2 Å². The van der Waals surface area contributed by atoms with E-state index in [1.165, 1.54) is 49.8 Å². The van der Waals surface area contributed by atoms with Crippen LogP contribution in [0.4, 0.5) is 0 Å². The summed E-state index contributed by atoms with van der Waals surface area (Å²) in [7, 11) is 0. The van der Waals surface area contributed by atoms with Gasteiger partial charge in [0.25, 0.3) is 0 Å². The van der Waals surface area contributed by atoms with Crippen molar-refractivity contribution in [3.63, 3.8) is 0 Å². The summed E-state index contributed by atoms with van der Waals surface area (Å²) in [5, 5.41) is 27.8. The molecule has 1 aliphatic rings. The van der Waals surface area contributed by atoms with Crippen LogP contribution in [0, 0.1) is 0 Å². The Morgan fingerprint density at radius 3 is 2.73 bits per heavy atom. The molecule has 30 heavy (non-hydrogen) atoms. The van der Waals surface area contributed by atoms with Crippen LogP contribution in [-0.4, -0.2) is 47.3 Å². The molecule has 3 N–H and O–H groups in total. The van der Waals surface area contributed by atoms with Gasteiger partial charge in [-0.15, -0.1) is 0 Å². The van der Waals surface area contributed by atoms with Crippen molar-refractivity contribution in [3.8, 4) is 11.5 Å². The molecule has 2 aromatic rings. The van der Waals surface area contributed by atoms with Gasteiger partial charge in [-0.25, -0.2) is 0 Å². The highest BCUT2D eigenvalue weighted by molar-refractivity contribution is 7.07. The second kappa shape index (κ2) is 12.3. The number of aromatic hydroxyl groups is 2. The first kappa shape index (κ1) is 23.1. The molecule has 0 fully saturated rings. The lowest BCUT2D eigenvalue weighted by molar-refractivity contribution is 0.175. The fraction of sp³-hybridized carbons (Fsp3) is 0.600. The topological polar surface area (TPSA) is 55.7 Å². The minimum absolute atomic E-state index is 0.0126. The summed E-state index contributed by atoms with van der Waals surface area (Å²) < 4.78 is 0. The molecule has 5 heteroatoms. The van der Waals surface area contributed by atoms with Gasteiger partial charge in [-0.3, -0.25) is 0 Å². The van der Waals surface area contributed by atoms with E-state index in [4.69, 9.17) is 0 Å². The largest absolute Gasteiger partial charge is 0.504 e. The van der Waals surface area contributed by atoms with E-state index in [2.05, 4.69) is 34.0 Å². The average molecular weight is 431 g/mol. The highest BCUT2D eigenvalue weighted by Crippen LogP contribution is 2.36. The van der Waals surface area contributed by atoms with Gasteiger partial charge in [0.1, 0.15) is 0 Å². The molecule has 1 heterocycles. The van der Waals surface area contributed by atoms with Crippen LogP contribution >= 0.6 is 11.3 Å². The van der Waals surface area contributed by atoms with Crippen molar-refractivity contribution >= 4 is 11.3 Å². The Morgan fingerprint density at radius 1 is 1.07 bits per heavy atom. The SMILES string of the molecule is CCCN(CCCCCCNCCc1ccsc1)[C@H]1CCc2c(ccc(O)c2O)C1. The average Bonchev–Trinajstić information content (AvgIpc) is 3.28. The first-order valence-electron chi connectivity index (χ1n) is 11.7. The third-order valence-electron chi connectivity index (χ3n) is 6.29. The molecule has 3 rings (SSSR count). The van der Waals surface area contributed by atoms with Gasteiger partial charge >= 0.3 is 0 Å². The van der Waals surface area contributed by atoms with E-state index in [0.29, 0.717) is 6.04 Å². The number of thiophene rings is 1. The number of nitrogens with zero attached hydrogens (tertiary/aromatic N) is 1. The Bertz CT molecular complexity index is 748. The minimum atomic E-state index is 0.0126. The predicted molar refractivity (Wildman–Crippen MR) is 127 cm³/mol. The highest BCUT2D eigenvalue weighted by atomic mass is 32.1. The molecule has 0 radical (unpaired) electrons. The minimum Gasteiger partial charge on any atom is -0.504 e. The molecular weight excluding hydrogens is 392 g/mol. The Labute approximate surface area is 185 Å². The molecule has 0 saturated heterocycles. The Balaban J connectivity index is 1.32. The zero-order valence-electron chi connectivity index (χ0n) is 18.4. The highest BCUT2D eigenvalue weighted by Gasteiger charge is 2.26. The van der Waals surface area contributed by atoms with Crippen molar-refractivity contribution in [2.45, 2.75) is 70.8 Å². The monoisotopic (exact) mass is 430 g/mol. The number of rotatable bonds is 13. The summed E-state index contributed by atoms with van der Waals surface area (Å²) in [6.45, 7) is 6.78. The lowest BCUT2D eigenvalue weighted by Gasteiger charge is -2.35. The van der Waals surface area contributed by atoms with Gasteiger partial charge in [-0.1, -0.05) is 25.8 Å². The summed E-state index contributed by atoms with van der Waals surface area (Å²) in [5.41, 5.74) is 3.60. The lowest BCUT2D eigenvalue weighted by atomic mass is 9.86. The van der Waals surface area contributed by atoms with Crippen LogP contribution in [0.1, 0.15) is 62.1 Å². The van der Waals surface area contributed by atoms with E-state index in [9.17, 15) is 10.2 Å². The summed E-state index contributed by atoms with van der Waals surface area (Å²) in [6, 6.07) is 6.40. The number of hydrogen-bond donors (Lipinski definition) is 3. The van der Waals surface area contributed by atoms with E-state index in [0.717, 1.165) is 50.9 Å². The van der Waals surface area contributed by atoms with Gasteiger partial charge in [0, 0.05) is 11.6 Å². The standard InChI is InChI=1S/C25H38N2O2S/c1-2-15-27(22-8-9-23-21(18-22)7-10-24(28)25(23)29)16-6-4-3-5-13-26-14-11-20-12-17-30-19-20/h7,10,12,17,19,22,26,28-29H,2-6,8-9,11,13-16,18H2,1H3/t22-/m0/s1. The fourth-order valence-electron chi connectivity index (χ4n) is 4.59. The van der Waals surface area contributed by atoms with Crippen molar-refractivity contribution in [1.29, 1.82) is 0 Å². The van der Waals surface area contributed by atoms with Gasteiger partial charge in [0.05, 0.1) is 0 Å². The maximum atomic E-state index is 10.1. The first-order valence-corrected chi connectivity index (χ1v) is 12.6. The van der Waals surface area contributed by atoms with Crippen LogP contribution in [0.15, 0.2) is 29.0 Å². The number of benzene rings is 1. The van der Waals surface area contributed by atoms with Crippen molar-refractivity contribution in [3.05, 3.63) is 45.6 Å². The molecule has 4 nitrogen and oxygen atoms in total. The molecule has 1 aliphatic carbocycles. The molecule has 166 valence electrons. The predicted octanol–water partition coefficient (Wildman–Crippen LogP) is 5.12. The maximum absolute atomic E-state index is 10.1. The molecule has 0 unspecified atom stereocenters. The molecular formula is C25H38N2O2S. The second-order valence-corrected chi connectivity index (χ2v) is 9.33. The van der Waals surface area contributed by atoms with Crippen molar-refractivity contribution in [2.24, 2.45) is 0 Å². The molecule has 1 aromatic heterocycles. The molecule has 0 spiro atoms. The number of fused-ring (bicyclic) bond motifs is 1. The van der Waals surface area contributed by atoms with E-state index >= 15 is 0 Å². The molecule has 1 atom stereocenters. The Morgan fingerprint density at radius 2 is 1.93 bits per heavy atom. The van der Waals surface area contributed by atoms with Gasteiger partial charge in [0.15, 0.2) is 11.5 Å². The van der Waals surface area contributed by atoms with E-state index in [1.807, 2.05) is 6.07 Å². The zero-order chi connectivity index (χ0) is 21.2. The van der Waals surface area contributed by atoms with Crippen molar-refractivity contribution in [2.75, 3.05) is 26.2 Å². The molecule has 0 saturated carbocycles. The lowest BCUT2D eigenvalue weighted by Crippen LogP contribution is -2.40. The summed E-state index contributed by atoms with van der Waals surface area (Å²) in [5.74, 6) is 0.107. The van der Waals surface area contributed by atoms with Crippen LogP contribution in [0.3, 0.4) is 0 Å². The van der Waals surface area contributed by atoms with Gasteiger partial charge in [-0.2, -0.15) is 11.3 Å². The zero-order valence-corrected chi connectivity index (χ0v) is 19.2. The number of phenols is 2. The summed E-state index contributed by atoms with van der Waals surface area (Å²) in [4.78, 5) is 2.66. The summed E-state index contributed by atoms with van der Waals surface area (Å²) in [6.07, 6.45) is 10.3. The number of phenolic OH excluding ortho intramolecular Hbond substituents is 2. The van der Waals surface area contributed by atoms with E-state index in [1.54, 1.807) is 17.4 Å². The molecule has 0 bridgehead atoms. The normalized spacial score (nSPS) is 16.1. The van der Waals surface area contributed by atoms with Crippen LogP contribution in [0.25, 0.3) is 0 Å². The van der Waals surface area contributed by atoms with Gasteiger partial charge in [-0.05, 0) is 105 Å². The quantitative estimate of drug-likeness (QED) is 0.305. The first-order chi connectivity index (χ1) is 14.7. The second-order valence-electron chi connectivity index (χ2n) is 8.55. The van der Waals surface area contributed by atoms with E-state index in [-0.39, 0.29) is 11.5 Å². The third-order valence-corrected chi connectivity index (χ3v) is 7.02. The van der Waals surface area contributed by atoms with Crippen LogP contribution < -0.4 is 5.32 Å². The molecule has 1 aromatic carbocycles. The maximum Gasteiger partial charge on any atom is 0.160 e. The number of hydrogen-bond acceptors (Lipinski definition) is 5. The van der Waals surface area contributed by atoms with Crippen LogP contribution in [0.5, 0.6) is 11.5 Å². The van der Waals surface area contributed by atoms with Gasteiger partial charge < -0.3 is 20.4 Å². The van der Waals surface area contributed by atoms with Gasteiger partial charge in [0.2, 0.25) is 0 Å². The van der Waals surface area contributed by atoms with E-state index < -0.39 is 0 Å². The third kappa shape index (κ3) is 6.73.